The zero-order chi connectivity index (χ0) is 16.4. The Morgan fingerprint density at radius 3 is 2.50 bits per heavy atom. The zero-order valence-electron chi connectivity index (χ0n) is 13.9. The molecule has 3 heteroatoms. The van der Waals surface area contributed by atoms with Crippen LogP contribution in [0.2, 0.25) is 0 Å². The number of fused-ring (bicyclic) bond motifs is 2. The van der Waals surface area contributed by atoms with Crippen LogP contribution < -0.4 is 0 Å². The fourth-order valence-electron chi connectivity index (χ4n) is 4.13. The van der Waals surface area contributed by atoms with Crippen LogP contribution in [0, 0.1) is 0 Å². The molecule has 4 rings (SSSR count). The Hall–Kier alpha value is -1.97. The number of hydrogen-bond donors (Lipinski definition) is 0. The molecule has 2 aliphatic heterocycles. The first-order valence-corrected chi connectivity index (χ1v) is 8.77. The SMILES string of the molecule is O=CC1Cc2ccccc2C2(CCN(Cc3ccccc3)CC2)O1. The number of aldehydes is 1. The Kier molecular flexibility index (Phi) is 4.21. The van der Waals surface area contributed by atoms with Crippen molar-refractivity contribution in [2.75, 3.05) is 13.1 Å². The molecule has 1 saturated heterocycles. The molecule has 0 radical (unpaired) electrons. The monoisotopic (exact) mass is 321 g/mol. The molecule has 3 nitrogen and oxygen atoms in total. The molecule has 124 valence electrons. The number of likely N-dealkylation sites (tertiary alicyclic amines) is 1. The van der Waals surface area contributed by atoms with Gasteiger partial charge in [-0.25, -0.2) is 0 Å². The van der Waals surface area contributed by atoms with Crippen molar-refractivity contribution in [3.05, 3.63) is 71.3 Å². The first kappa shape index (κ1) is 15.6. The third kappa shape index (κ3) is 2.90. The van der Waals surface area contributed by atoms with Crippen molar-refractivity contribution in [1.29, 1.82) is 0 Å². The first-order chi connectivity index (χ1) is 11.8. The number of benzene rings is 2. The van der Waals surface area contributed by atoms with E-state index in [1.807, 2.05) is 0 Å². The summed E-state index contributed by atoms with van der Waals surface area (Å²) in [5, 5.41) is 0. The number of carbonyl (C=O) groups is 1. The van der Waals surface area contributed by atoms with Gasteiger partial charge in [-0.3, -0.25) is 4.90 Å². The molecule has 1 spiro atoms. The first-order valence-electron chi connectivity index (χ1n) is 8.77. The lowest BCUT2D eigenvalue weighted by Gasteiger charge is -2.46. The molecule has 0 N–H and O–H groups in total. The number of carbonyl (C=O) groups excluding carboxylic acids is 1. The molecule has 0 aliphatic carbocycles. The molecule has 2 aromatic rings. The standard InChI is InChI=1S/C21H23NO2/c23-16-19-14-18-8-4-5-9-20(18)21(24-19)10-12-22(13-11-21)15-17-6-2-1-3-7-17/h1-9,16,19H,10-15H2. The Morgan fingerprint density at radius 2 is 1.75 bits per heavy atom. The Labute approximate surface area is 143 Å². The van der Waals surface area contributed by atoms with Crippen molar-refractivity contribution in [2.45, 2.75) is 37.5 Å². The summed E-state index contributed by atoms with van der Waals surface area (Å²) in [5.41, 5.74) is 3.64. The van der Waals surface area contributed by atoms with Crippen molar-refractivity contribution in [3.63, 3.8) is 0 Å². The van der Waals surface area contributed by atoms with Gasteiger partial charge in [-0.15, -0.1) is 0 Å². The van der Waals surface area contributed by atoms with Gasteiger partial charge in [-0.1, -0.05) is 54.6 Å². The van der Waals surface area contributed by atoms with E-state index >= 15 is 0 Å². The summed E-state index contributed by atoms with van der Waals surface area (Å²) in [5.74, 6) is 0. The number of ether oxygens (including phenoxy) is 1. The van der Waals surface area contributed by atoms with Gasteiger partial charge in [0.05, 0.1) is 5.60 Å². The fourth-order valence-corrected chi connectivity index (χ4v) is 4.13. The van der Waals surface area contributed by atoms with Crippen LogP contribution in [0.3, 0.4) is 0 Å². The summed E-state index contributed by atoms with van der Waals surface area (Å²) in [6.45, 7) is 2.97. The lowest BCUT2D eigenvalue weighted by atomic mass is 9.78. The van der Waals surface area contributed by atoms with Gasteiger partial charge in [0.2, 0.25) is 0 Å². The highest BCUT2D eigenvalue weighted by atomic mass is 16.5. The van der Waals surface area contributed by atoms with Gasteiger partial charge < -0.3 is 9.53 Å². The second-order valence-electron chi connectivity index (χ2n) is 6.91. The van der Waals surface area contributed by atoms with Crippen LogP contribution in [0.4, 0.5) is 0 Å². The highest BCUT2D eigenvalue weighted by Gasteiger charge is 2.43. The highest BCUT2D eigenvalue weighted by molar-refractivity contribution is 5.58. The molecule has 0 saturated carbocycles. The van der Waals surface area contributed by atoms with Crippen molar-refractivity contribution >= 4 is 6.29 Å². The molecule has 1 unspecified atom stereocenters. The van der Waals surface area contributed by atoms with Crippen LogP contribution in [0.25, 0.3) is 0 Å². The van der Waals surface area contributed by atoms with Crippen LogP contribution in [0.15, 0.2) is 54.6 Å². The minimum absolute atomic E-state index is 0.284. The average Bonchev–Trinajstić information content (AvgIpc) is 2.64. The van der Waals surface area contributed by atoms with Crippen molar-refractivity contribution < 1.29 is 9.53 Å². The largest absolute Gasteiger partial charge is 0.359 e. The van der Waals surface area contributed by atoms with Crippen LogP contribution in [-0.2, 0) is 28.1 Å². The van der Waals surface area contributed by atoms with E-state index in [1.165, 1.54) is 16.7 Å². The number of hydrogen-bond acceptors (Lipinski definition) is 3. The van der Waals surface area contributed by atoms with Gasteiger partial charge in [0, 0.05) is 26.1 Å². The maximum Gasteiger partial charge on any atom is 0.149 e. The van der Waals surface area contributed by atoms with E-state index in [9.17, 15) is 4.79 Å². The summed E-state index contributed by atoms with van der Waals surface area (Å²) >= 11 is 0. The maximum atomic E-state index is 11.4. The summed E-state index contributed by atoms with van der Waals surface area (Å²) < 4.78 is 6.29. The van der Waals surface area contributed by atoms with Crippen molar-refractivity contribution in [1.82, 2.24) is 4.90 Å². The van der Waals surface area contributed by atoms with Crippen LogP contribution in [0.1, 0.15) is 29.5 Å². The van der Waals surface area contributed by atoms with Gasteiger partial charge in [-0.2, -0.15) is 0 Å². The lowest BCUT2D eigenvalue weighted by Crippen LogP contribution is -2.48. The third-order valence-electron chi connectivity index (χ3n) is 5.37. The van der Waals surface area contributed by atoms with Gasteiger partial charge in [0.15, 0.2) is 0 Å². The Balaban J connectivity index is 1.52. The minimum atomic E-state index is -0.305. The second kappa shape index (κ2) is 6.50. The van der Waals surface area contributed by atoms with Crippen LogP contribution in [0.5, 0.6) is 0 Å². The predicted octanol–water partition coefficient (Wildman–Crippen LogP) is 3.32. The van der Waals surface area contributed by atoms with E-state index < -0.39 is 0 Å². The molecular weight excluding hydrogens is 298 g/mol. The van der Waals surface area contributed by atoms with E-state index in [-0.39, 0.29) is 11.7 Å². The topological polar surface area (TPSA) is 29.5 Å². The van der Waals surface area contributed by atoms with E-state index in [4.69, 9.17) is 4.74 Å². The normalized spacial score (nSPS) is 22.9. The molecule has 2 heterocycles. The smallest absolute Gasteiger partial charge is 0.149 e. The number of nitrogens with zero attached hydrogens (tertiary/aromatic N) is 1. The van der Waals surface area contributed by atoms with Gasteiger partial charge in [0.25, 0.3) is 0 Å². The molecule has 1 fully saturated rings. The molecule has 1 atom stereocenters. The molecule has 0 amide bonds. The molecule has 0 aromatic heterocycles. The number of rotatable bonds is 3. The molecule has 2 aliphatic rings. The molecular formula is C21H23NO2. The van der Waals surface area contributed by atoms with E-state index in [1.54, 1.807) is 0 Å². The van der Waals surface area contributed by atoms with Crippen LogP contribution in [-0.4, -0.2) is 30.4 Å². The van der Waals surface area contributed by atoms with Crippen molar-refractivity contribution in [3.8, 4) is 0 Å². The Morgan fingerprint density at radius 1 is 1.04 bits per heavy atom. The van der Waals surface area contributed by atoms with Gasteiger partial charge in [-0.05, 0) is 29.5 Å². The predicted molar refractivity (Wildman–Crippen MR) is 93.7 cm³/mol. The van der Waals surface area contributed by atoms with Crippen molar-refractivity contribution in [2.24, 2.45) is 0 Å². The quantitative estimate of drug-likeness (QED) is 0.812. The van der Waals surface area contributed by atoms with Gasteiger partial charge in [0.1, 0.15) is 12.4 Å². The average molecular weight is 321 g/mol. The molecule has 0 bridgehead atoms. The van der Waals surface area contributed by atoms with Gasteiger partial charge >= 0.3 is 0 Å². The fraction of sp³-hybridized carbons (Fsp3) is 0.381. The van der Waals surface area contributed by atoms with E-state index in [2.05, 4.69) is 59.5 Å². The maximum absolute atomic E-state index is 11.4. The number of piperidine rings is 1. The second-order valence-corrected chi connectivity index (χ2v) is 6.91. The lowest BCUT2D eigenvalue weighted by molar-refractivity contribution is -0.152. The highest BCUT2D eigenvalue weighted by Crippen LogP contribution is 2.43. The molecule has 24 heavy (non-hydrogen) atoms. The third-order valence-corrected chi connectivity index (χ3v) is 5.37. The minimum Gasteiger partial charge on any atom is -0.359 e. The zero-order valence-corrected chi connectivity index (χ0v) is 13.9. The molecule has 2 aromatic carbocycles. The Bertz CT molecular complexity index is 705. The summed E-state index contributed by atoms with van der Waals surface area (Å²) in [6.07, 6.45) is 3.26. The summed E-state index contributed by atoms with van der Waals surface area (Å²) in [4.78, 5) is 13.8. The summed E-state index contributed by atoms with van der Waals surface area (Å²) in [6, 6.07) is 19.1. The van der Waals surface area contributed by atoms with Crippen LogP contribution >= 0.6 is 0 Å². The summed E-state index contributed by atoms with van der Waals surface area (Å²) in [7, 11) is 0. The van der Waals surface area contributed by atoms with E-state index in [0.717, 1.165) is 38.8 Å². The van der Waals surface area contributed by atoms with E-state index in [0.29, 0.717) is 6.42 Å².